The largest absolute Gasteiger partial charge is 0.589 e. The molecule has 0 heterocycles. The molecule has 0 aromatic heterocycles. The minimum atomic E-state index is -1.91. The monoisotopic (exact) mass is 208 g/mol. The topological polar surface area (TPSA) is 115 Å². The molecule has 0 saturated heterocycles. The first-order valence-electron chi connectivity index (χ1n) is 3.62. The molecular formula is C6H12N2O4S. The van der Waals surface area contributed by atoms with Crippen molar-refractivity contribution in [1.29, 1.82) is 0 Å². The van der Waals surface area contributed by atoms with Crippen molar-refractivity contribution < 1.29 is 19.2 Å². The number of carbonyl (C=O) groups is 2. The van der Waals surface area contributed by atoms with Gasteiger partial charge in [0.15, 0.2) is 0 Å². The van der Waals surface area contributed by atoms with Gasteiger partial charge in [-0.15, -0.1) is 4.72 Å². The van der Waals surface area contributed by atoms with Crippen LogP contribution < -0.4 is 10.5 Å². The number of amides is 1. The Labute approximate surface area is 78.8 Å². The van der Waals surface area contributed by atoms with Gasteiger partial charge >= 0.3 is 11.2 Å². The fourth-order valence-corrected chi connectivity index (χ4v) is 1.01. The molecule has 0 aromatic rings. The van der Waals surface area contributed by atoms with E-state index in [0.29, 0.717) is 6.42 Å². The van der Waals surface area contributed by atoms with Crippen LogP contribution in [-0.4, -0.2) is 27.4 Å². The number of carboxylic acids is 1. The molecule has 0 aliphatic heterocycles. The predicted octanol–water partition coefficient (Wildman–Crippen LogP) is -0.571. The lowest BCUT2D eigenvalue weighted by Gasteiger charge is -2.07. The number of primary amides is 1. The fourth-order valence-electron chi connectivity index (χ4n) is 0.563. The normalized spacial score (nSPS) is 14.9. The van der Waals surface area contributed by atoms with Gasteiger partial charge in [-0.2, -0.15) is 0 Å². The van der Waals surface area contributed by atoms with Crippen LogP contribution in [0.4, 0.5) is 4.79 Å². The molecule has 0 saturated carbocycles. The number of carboxylic acid groups (broad SMARTS) is 1. The van der Waals surface area contributed by atoms with Crippen molar-refractivity contribution in [1.82, 2.24) is 4.72 Å². The number of rotatable bonds is 5. The zero-order valence-corrected chi connectivity index (χ0v) is 7.97. The van der Waals surface area contributed by atoms with Crippen LogP contribution >= 0.6 is 0 Å². The van der Waals surface area contributed by atoms with E-state index in [1.165, 1.54) is 6.92 Å². The van der Waals surface area contributed by atoms with Gasteiger partial charge in [-0.05, 0) is 6.42 Å². The van der Waals surface area contributed by atoms with E-state index in [1.54, 1.807) is 0 Å². The molecule has 13 heavy (non-hydrogen) atoms. The summed E-state index contributed by atoms with van der Waals surface area (Å²) in [5, 5.41) is 7.51. The number of hydrogen-bond donors (Lipinski definition) is 3. The van der Waals surface area contributed by atoms with Crippen LogP contribution in [0.2, 0.25) is 0 Å². The molecule has 2 unspecified atom stereocenters. The van der Waals surface area contributed by atoms with Gasteiger partial charge in [0.05, 0.1) is 5.92 Å². The summed E-state index contributed by atoms with van der Waals surface area (Å²) in [4.78, 5) is 20.6. The van der Waals surface area contributed by atoms with E-state index < -0.39 is 28.5 Å². The quantitative estimate of drug-likeness (QED) is 0.523. The van der Waals surface area contributed by atoms with Gasteiger partial charge in [-0.25, -0.2) is 4.79 Å². The van der Waals surface area contributed by atoms with E-state index in [2.05, 4.69) is 4.72 Å². The van der Waals surface area contributed by atoms with Crippen LogP contribution in [0.5, 0.6) is 0 Å². The van der Waals surface area contributed by atoms with Crippen molar-refractivity contribution in [3.63, 3.8) is 0 Å². The van der Waals surface area contributed by atoms with Gasteiger partial charge in [0.25, 0.3) is 0 Å². The lowest BCUT2D eigenvalue weighted by atomic mass is 10.1. The predicted molar refractivity (Wildman–Crippen MR) is 47.1 cm³/mol. The summed E-state index contributed by atoms with van der Waals surface area (Å²) < 4.78 is 13.0. The van der Waals surface area contributed by atoms with Crippen LogP contribution in [0, 0.1) is 5.92 Å². The molecule has 0 aliphatic carbocycles. The Morgan fingerprint density at radius 3 is 2.62 bits per heavy atom. The van der Waals surface area contributed by atoms with E-state index in [-0.39, 0.29) is 6.54 Å². The fraction of sp³-hybridized carbons (Fsp3) is 0.667. The molecule has 0 bridgehead atoms. The maximum absolute atomic E-state index is 10.7. The molecule has 76 valence electrons. The molecular weight excluding hydrogens is 196 g/mol. The Kier molecular flexibility index (Phi) is 5.44. The third-order valence-electron chi connectivity index (χ3n) is 1.41. The van der Waals surface area contributed by atoms with Crippen LogP contribution in [0.1, 0.15) is 13.3 Å². The van der Waals surface area contributed by atoms with Crippen molar-refractivity contribution >= 4 is 22.6 Å². The summed E-state index contributed by atoms with van der Waals surface area (Å²) in [7, 11) is 0. The first kappa shape index (κ1) is 12.2. The summed E-state index contributed by atoms with van der Waals surface area (Å²) in [6, 6.07) is 0. The second-order valence-corrected chi connectivity index (χ2v) is 3.74. The highest BCUT2D eigenvalue weighted by atomic mass is 32.2. The molecule has 0 aromatic carbocycles. The lowest BCUT2D eigenvalue weighted by molar-refractivity contribution is -0.141. The lowest BCUT2D eigenvalue weighted by Crippen LogP contribution is -2.36. The number of aliphatic carboxylic acids is 1. The zero-order chi connectivity index (χ0) is 10.4. The number of nitrogens with one attached hydrogen (secondary N) is 1. The molecule has 0 radical (unpaired) electrons. The minimum Gasteiger partial charge on any atom is -0.589 e. The van der Waals surface area contributed by atoms with Crippen LogP contribution in [0.15, 0.2) is 0 Å². The molecule has 0 spiro atoms. The van der Waals surface area contributed by atoms with Crippen molar-refractivity contribution in [3.8, 4) is 0 Å². The number of nitrogens with two attached hydrogens (primary N) is 1. The van der Waals surface area contributed by atoms with E-state index >= 15 is 0 Å². The van der Waals surface area contributed by atoms with Gasteiger partial charge in [-0.3, -0.25) is 4.79 Å². The van der Waals surface area contributed by atoms with Crippen LogP contribution in [0.3, 0.4) is 0 Å². The molecule has 6 nitrogen and oxygen atoms in total. The van der Waals surface area contributed by atoms with Crippen molar-refractivity contribution in [2.24, 2.45) is 11.7 Å². The maximum atomic E-state index is 10.7. The number of carbonyl (C=O) groups excluding carboxylic acids is 1. The second kappa shape index (κ2) is 5.79. The van der Waals surface area contributed by atoms with Crippen molar-refractivity contribution in [2.45, 2.75) is 13.3 Å². The molecule has 1 amide bonds. The number of hydrogen-bond acceptors (Lipinski definition) is 4. The molecule has 0 aliphatic rings. The van der Waals surface area contributed by atoms with Gasteiger partial charge in [0, 0.05) is 6.54 Å². The average molecular weight is 208 g/mol. The maximum Gasteiger partial charge on any atom is 0.445 e. The summed E-state index contributed by atoms with van der Waals surface area (Å²) in [5.74, 6) is -1.45. The Morgan fingerprint density at radius 2 is 2.23 bits per heavy atom. The van der Waals surface area contributed by atoms with E-state index in [4.69, 9.17) is 10.8 Å². The smallest absolute Gasteiger partial charge is 0.445 e. The Balaban J connectivity index is 3.56. The summed E-state index contributed by atoms with van der Waals surface area (Å²) in [6.45, 7) is 1.71. The minimum absolute atomic E-state index is 0.184. The summed E-state index contributed by atoms with van der Waals surface area (Å²) in [6.07, 6.45) is 0.300. The van der Waals surface area contributed by atoms with Gasteiger partial charge in [0.2, 0.25) is 0 Å². The van der Waals surface area contributed by atoms with Gasteiger partial charge < -0.3 is 15.4 Å². The Bertz CT molecular complexity index is 179. The van der Waals surface area contributed by atoms with Crippen molar-refractivity contribution in [3.05, 3.63) is 0 Å². The third kappa shape index (κ3) is 5.45. The Hall–Kier alpha value is -0.790. The molecule has 7 heteroatoms. The second-order valence-electron chi connectivity index (χ2n) is 2.51. The SMILES string of the molecule is CC(CCN[S+]([O-])C(N)=O)C(=O)O. The first-order valence-corrected chi connectivity index (χ1v) is 4.77. The summed E-state index contributed by atoms with van der Waals surface area (Å²) >= 11 is -1.91. The average Bonchev–Trinajstić information content (AvgIpc) is 2.03. The zero-order valence-electron chi connectivity index (χ0n) is 7.15. The molecule has 2 atom stereocenters. The Morgan fingerprint density at radius 1 is 1.69 bits per heavy atom. The highest BCUT2D eigenvalue weighted by molar-refractivity contribution is 8.04. The molecule has 0 rings (SSSR count). The van der Waals surface area contributed by atoms with E-state index in [9.17, 15) is 14.1 Å². The summed E-state index contributed by atoms with van der Waals surface area (Å²) in [5.41, 5.74) is 4.69. The van der Waals surface area contributed by atoms with Crippen LogP contribution in [0.25, 0.3) is 0 Å². The third-order valence-corrected chi connectivity index (χ3v) is 2.25. The van der Waals surface area contributed by atoms with Gasteiger partial charge in [-0.1, -0.05) is 6.92 Å². The standard InChI is InChI=1S/C6H12N2O4S/c1-4(5(9)10)2-3-8-13(12)6(7)11/h4,8H,2-3H2,1H3,(H2,7,11)(H,9,10). The van der Waals surface area contributed by atoms with E-state index in [1.807, 2.05) is 0 Å². The first-order chi connectivity index (χ1) is 5.95. The van der Waals surface area contributed by atoms with Crippen LogP contribution in [-0.2, 0) is 16.2 Å². The molecule has 4 N–H and O–H groups in total. The highest BCUT2D eigenvalue weighted by Gasteiger charge is 2.16. The van der Waals surface area contributed by atoms with E-state index in [0.717, 1.165) is 0 Å². The molecule has 0 fully saturated rings. The van der Waals surface area contributed by atoms with Gasteiger partial charge in [0.1, 0.15) is 11.4 Å². The highest BCUT2D eigenvalue weighted by Crippen LogP contribution is 2.00. The van der Waals surface area contributed by atoms with Crippen molar-refractivity contribution in [2.75, 3.05) is 6.54 Å².